The Kier molecular flexibility index (Phi) is 6.02. The maximum atomic E-state index is 12.6. The van der Waals surface area contributed by atoms with Gasteiger partial charge in [-0.3, -0.25) is 0 Å². The lowest BCUT2D eigenvalue weighted by molar-refractivity contribution is -0.137. The lowest BCUT2D eigenvalue weighted by Gasteiger charge is -2.14. The van der Waals surface area contributed by atoms with Crippen LogP contribution in [0, 0.1) is 0 Å². The van der Waals surface area contributed by atoms with Gasteiger partial charge in [-0.1, -0.05) is 0 Å². The molecular weight excluding hydrogens is 345 g/mol. The average Bonchev–Trinajstić information content (AvgIpc) is 2.31. The zero-order valence-electron chi connectivity index (χ0n) is 9.97. The van der Waals surface area contributed by atoms with Crippen molar-refractivity contribution in [2.24, 2.45) is 0 Å². The van der Waals surface area contributed by atoms with Crippen molar-refractivity contribution < 1.29 is 17.9 Å². The van der Waals surface area contributed by atoms with Crippen molar-refractivity contribution in [2.75, 3.05) is 25.6 Å². The molecule has 0 unspecified atom stereocenters. The van der Waals surface area contributed by atoms with Crippen LogP contribution in [0.25, 0.3) is 0 Å². The lowest BCUT2D eigenvalue weighted by Crippen LogP contribution is -2.31. The van der Waals surface area contributed by atoms with Crippen LogP contribution >= 0.6 is 28.1 Å². The Labute approximate surface area is 122 Å². The van der Waals surface area contributed by atoms with E-state index in [1.807, 2.05) is 0 Å². The Bertz CT molecular complexity index is 454. The summed E-state index contributed by atoms with van der Waals surface area (Å²) in [6, 6.07) is 3.31. The zero-order chi connectivity index (χ0) is 14.5. The van der Waals surface area contributed by atoms with Gasteiger partial charge in [-0.25, -0.2) is 0 Å². The van der Waals surface area contributed by atoms with E-state index in [9.17, 15) is 13.2 Å². The number of halogens is 4. The molecule has 2 N–H and O–H groups in total. The second-order valence-electron chi connectivity index (χ2n) is 3.57. The highest BCUT2D eigenvalue weighted by atomic mass is 79.9. The van der Waals surface area contributed by atoms with Crippen molar-refractivity contribution in [2.45, 2.75) is 6.18 Å². The summed E-state index contributed by atoms with van der Waals surface area (Å²) in [6.07, 6.45) is -4.39. The Morgan fingerprint density at radius 2 is 2.11 bits per heavy atom. The first-order chi connectivity index (χ1) is 8.84. The molecule has 106 valence electrons. The lowest BCUT2D eigenvalue weighted by atomic mass is 10.2. The van der Waals surface area contributed by atoms with Crippen LogP contribution < -0.4 is 10.6 Å². The molecule has 0 amide bonds. The van der Waals surface area contributed by atoms with Gasteiger partial charge >= 0.3 is 6.18 Å². The highest BCUT2D eigenvalue weighted by molar-refractivity contribution is 9.10. The van der Waals surface area contributed by atoms with E-state index < -0.39 is 11.7 Å². The van der Waals surface area contributed by atoms with E-state index in [-0.39, 0.29) is 10.8 Å². The number of rotatable bonds is 4. The number of alkyl halides is 3. The van der Waals surface area contributed by atoms with E-state index in [4.69, 9.17) is 17.0 Å². The number of benzene rings is 1. The predicted molar refractivity (Wildman–Crippen MR) is 75.2 cm³/mol. The fraction of sp³-hybridized carbons (Fsp3) is 0.364. The maximum Gasteiger partial charge on any atom is 0.416 e. The molecule has 0 atom stereocenters. The Balaban J connectivity index is 2.74. The van der Waals surface area contributed by atoms with E-state index in [0.29, 0.717) is 17.6 Å². The first-order valence-electron chi connectivity index (χ1n) is 5.25. The van der Waals surface area contributed by atoms with E-state index in [2.05, 4.69) is 26.6 Å². The summed E-state index contributed by atoms with van der Waals surface area (Å²) < 4.78 is 43.1. The molecule has 1 rings (SSSR count). The predicted octanol–water partition coefficient (Wildman–Crippen LogP) is 3.40. The number of methoxy groups -OCH3 is 1. The fourth-order valence-electron chi connectivity index (χ4n) is 1.23. The molecule has 1 aromatic carbocycles. The zero-order valence-corrected chi connectivity index (χ0v) is 12.4. The molecule has 0 spiro atoms. The Morgan fingerprint density at radius 1 is 1.42 bits per heavy atom. The Hall–Kier alpha value is -0.860. The standard InChI is InChI=1S/C11H12BrF3N2OS/c1-18-5-4-16-10(19)17-9-6-7(11(13,14)15)2-3-8(9)12/h2-3,6H,4-5H2,1H3,(H2,16,17,19). The van der Waals surface area contributed by atoms with Crippen LogP contribution in [0.3, 0.4) is 0 Å². The molecule has 0 aromatic heterocycles. The van der Waals surface area contributed by atoms with Crippen LogP contribution in [0.5, 0.6) is 0 Å². The quantitative estimate of drug-likeness (QED) is 0.639. The molecule has 0 radical (unpaired) electrons. The molecule has 0 heterocycles. The third kappa shape index (κ3) is 5.33. The maximum absolute atomic E-state index is 12.6. The second-order valence-corrected chi connectivity index (χ2v) is 4.83. The molecular formula is C11H12BrF3N2OS. The molecule has 3 nitrogen and oxygen atoms in total. The van der Waals surface area contributed by atoms with Gasteiger partial charge in [0.1, 0.15) is 0 Å². The van der Waals surface area contributed by atoms with E-state index in [1.165, 1.54) is 6.07 Å². The van der Waals surface area contributed by atoms with Gasteiger partial charge < -0.3 is 15.4 Å². The van der Waals surface area contributed by atoms with E-state index in [1.54, 1.807) is 7.11 Å². The average molecular weight is 357 g/mol. The van der Waals surface area contributed by atoms with Crippen molar-refractivity contribution in [1.29, 1.82) is 0 Å². The van der Waals surface area contributed by atoms with Crippen LogP contribution in [0.4, 0.5) is 18.9 Å². The third-order valence-corrected chi connectivity index (χ3v) is 3.07. The topological polar surface area (TPSA) is 33.3 Å². The van der Waals surface area contributed by atoms with Crippen LogP contribution in [-0.2, 0) is 10.9 Å². The summed E-state index contributed by atoms with van der Waals surface area (Å²) in [5, 5.41) is 5.74. The molecule has 0 aliphatic rings. The highest BCUT2D eigenvalue weighted by Crippen LogP contribution is 2.33. The minimum atomic E-state index is -4.39. The van der Waals surface area contributed by atoms with Gasteiger partial charge in [-0.15, -0.1) is 0 Å². The molecule has 0 aliphatic carbocycles. The number of hydrogen-bond acceptors (Lipinski definition) is 2. The Morgan fingerprint density at radius 3 is 2.68 bits per heavy atom. The second kappa shape index (κ2) is 7.06. The summed E-state index contributed by atoms with van der Waals surface area (Å²) in [5.74, 6) is 0. The minimum Gasteiger partial charge on any atom is -0.383 e. The van der Waals surface area contributed by atoms with E-state index >= 15 is 0 Å². The third-order valence-electron chi connectivity index (χ3n) is 2.13. The largest absolute Gasteiger partial charge is 0.416 e. The normalized spacial score (nSPS) is 11.2. The summed E-state index contributed by atoms with van der Waals surface area (Å²) in [5.41, 5.74) is -0.484. The van der Waals surface area contributed by atoms with Crippen LogP contribution in [0.15, 0.2) is 22.7 Å². The molecule has 1 aromatic rings. The van der Waals surface area contributed by atoms with Crippen molar-refractivity contribution in [3.63, 3.8) is 0 Å². The first-order valence-corrected chi connectivity index (χ1v) is 6.45. The first kappa shape index (κ1) is 16.2. The van der Waals surface area contributed by atoms with Gasteiger partial charge in [-0.2, -0.15) is 13.2 Å². The van der Waals surface area contributed by atoms with Crippen molar-refractivity contribution in [3.8, 4) is 0 Å². The molecule has 0 fully saturated rings. The van der Waals surface area contributed by atoms with Gasteiger partial charge in [0, 0.05) is 18.1 Å². The summed E-state index contributed by atoms with van der Waals surface area (Å²) in [7, 11) is 1.54. The van der Waals surface area contributed by atoms with Crippen LogP contribution in [0.1, 0.15) is 5.56 Å². The SMILES string of the molecule is COCCNC(=S)Nc1cc(C(F)(F)F)ccc1Br. The van der Waals surface area contributed by atoms with E-state index in [0.717, 1.165) is 12.1 Å². The molecule has 0 saturated carbocycles. The van der Waals surface area contributed by atoms with Gasteiger partial charge in [-0.05, 0) is 46.3 Å². The van der Waals surface area contributed by atoms with Gasteiger partial charge in [0.05, 0.1) is 17.9 Å². The fourth-order valence-corrected chi connectivity index (χ4v) is 1.79. The van der Waals surface area contributed by atoms with Crippen molar-refractivity contribution in [3.05, 3.63) is 28.2 Å². The summed E-state index contributed by atoms with van der Waals surface area (Å²) >= 11 is 8.13. The van der Waals surface area contributed by atoms with Crippen LogP contribution in [-0.4, -0.2) is 25.4 Å². The van der Waals surface area contributed by atoms with Gasteiger partial charge in [0.25, 0.3) is 0 Å². The smallest absolute Gasteiger partial charge is 0.383 e. The molecule has 0 bridgehead atoms. The number of thiocarbonyl (C=S) groups is 1. The van der Waals surface area contributed by atoms with Crippen molar-refractivity contribution >= 4 is 38.9 Å². The summed E-state index contributed by atoms with van der Waals surface area (Å²) in [6.45, 7) is 0.921. The number of nitrogens with one attached hydrogen (secondary N) is 2. The van der Waals surface area contributed by atoms with Gasteiger partial charge in [0.15, 0.2) is 5.11 Å². The van der Waals surface area contributed by atoms with Crippen LogP contribution in [0.2, 0.25) is 0 Å². The summed E-state index contributed by atoms with van der Waals surface area (Å²) in [4.78, 5) is 0. The molecule has 8 heteroatoms. The monoisotopic (exact) mass is 356 g/mol. The molecule has 0 saturated heterocycles. The van der Waals surface area contributed by atoms with Crippen molar-refractivity contribution in [1.82, 2.24) is 5.32 Å². The molecule has 19 heavy (non-hydrogen) atoms. The number of ether oxygens (including phenoxy) is 1. The highest BCUT2D eigenvalue weighted by Gasteiger charge is 2.30. The minimum absolute atomic E-state index is 0.233. The van der Waals surface area contributed by atoms with Gasteiger partial charge in [0.2, 0.25) is 0 Å². The number of hydrogen-bond donors (Lipinski definition) is 2. The molecule has 0 aliphatic heterocycles. The number of anilines is 1.